The number of hydrogen-bond acceptors (Lipinski definition) is 4. The van der Waals surface area contributed by atoms with E-state index in [9.17, 15) is 4.79 Å². The first-order chi connectivity index (χ1) is 5.29. The average Bonchev–Trinajstić information content (AvgIpc) is 1.84. The third-order valence-electron chi connectivity index (χ3n) is 0.967. The van der Waals surface area contributed by atoms with Gasteiger partial charge in [-0.15, -0.1) is 0 Å². The molecule has 0 spiro atoms. The van der Waals surface area contributed by atoms with Crippen molar-refractivity contribution in [3.8, 4) is 0 Å². The molecule has 7 heteroatoms. The summed E-state index contributed by atoms with van der Waals surface area (Å²) in [7, 11) is 0. The monoisotopic (exact) mass is 179 g/mol. The lowest BCUT2D eigenvalue weighted by Crippen LogP contribution is -2.41. The predicted octanol–water partition coefficient (Wildman–Crippen LogP) is -1.43. The van der Waals surface area contributed by atoms with Gasteiger partial charge in [0.05, 0.1) is 12.1 Å². The molecule has 0 aliphatic carbocycles. The zero-order valence-electron chi connectivity index (χ0n) is 6.60. The molecule has 1 atom stereocenters. The maximum absolute atomic E-state index is 9.98. The number of hydrogen-bond donors (Lipinski definition) is 5. The quantitative estimate of drug-likeness (QED) is 0.327. The molecule has 0 aromatic carbocycles. The summed E-state index contributed by atoms with van der Waals surface area (Å²) in [6.07, 6.45) is -2.09. The highest BCUT2D eigenvalue weighted by molar-refractivity contribution is 5.70. The second-order valence-corrected chi connectivity index (χ2v) is 2.04. The van der Waals surface area contributed by atoms with E-state index in [0.29, 0.717) is 0 Å². The Morgan fingerprint density at radius 3 is 1.50 bits per heavy atom. The van der Waals surface area contributed by atoms with Gasteiger partial charge < -0.3 is 27.4 Å². The van der Waals surface area contributed by atoms with Crippen molar-refractivity contribution in [1.29, 1.82) is 0 Å². The van der Waals surface area contributed by atoms with Gasteiger partial charge in [-0.05, 0) is 6.92 Å². The summed E-state index contributed by atoms with van der Waals surface area (Å²) in [5.74, 6) is -1.62. The van der Waals surface area contributed by atoms with Crippen LogP contribution >= 0.6 is 0 Å². The largest absolute Gasteiger partial charge is 0.481 e. The summed E-state index contributed by atoms with van der Waals surface area (Å²) in [5.41, 5.74) is 14.1. The first kappa shape index (κ1) is 13.3. The molecule has 0 saturated carbocycles. The minimum Gasteiger partial charge on any atom is -0.481 e. The fourth-order valence-electron chi connectivity index (χ4n) is 0.165. The Balaban J connectivity index is 0. The maximum Gasteiger partial charge on any atom is 0.402 e. The molecule has 0 rings (SSSR count). The SMILES string of the molecule is CC(C(=O)O)C(N)N.NC(=O)O. The molecule has 0 aromatic rings. The van der Waals surface area contributed by atoms with E-state index in [4.69, 9.17) is 26.5 Å². The van der Waals surface area contributed by atoms with Crippen LogP contribution in [-0.2, 0) is 4.79 Å². The second-order valence-electron chi connectivity index (χ2n) is 2.04. The van der Waals surface area contributed by atoms with Crippen molar-refractivity contribution >= 4 is 12.1 Å². The maximum atomic E-state index is 9.98. The Labute approximate surface area is 69.1 Å². The van der Waals surface area contributed by atoms with Gasteiger partial charge in [0.1, 0.15) is 0 Å². The molecule has 72 valence electrons. The smallest absolute Gasteiger partial charge is 0.402 e. The standard InChI is InChI=1S/C4H10N2O2.CH3NO2/c1-2(3(5)6)4(7)8;2-1(3)4/h2-3H,5-6H2,1H3,(H,7,8);2H2,(H,3,4). The van der Waals surface area contributed by atoms with Crippen molar-refractivity contribution in [2.24, 2.45) is 23.1 Å². The Bertz CT molecular complexity index is 155. The molecule has 0 heterocycles. The third-order valence-corrected chi connectivity index (χ3v) is 0.967. The fourth-order valence-corrected chi connectivity index (χ4v) is 0.165. The minimum atomic E-state index is -1.33. The summed E-state index contributed by atoms with van der Waals surface area (Å²) in [6, 6.07) is 0. The Morgan fingerprint density at radius 1 is 1.25 bits per heavy atom. The van der Waals surface area contributed by atoms with E-state index in [1.165, 1.54) is 6.92 Å². The van der Waals surface area contributed by atoms with Crippen LogP contribution in [-0.4, -0.2) is 28.4 Å². The van der Waals surface area contributed by atoms with Crippen LogP contribution in [0.3, 0.4) is 0 Å². The summed E-state index contributed by atoms with van der Waals surface area (Å²) < 4.78 is 0. The van der Waals surface area contributed by atoms with Crippen LogP contribution in [0.25, 0.3) is 0 Å². The highest BCUT2D eigenvalue weighted by Crippen LogP contribution is 1.92. The summed E-state index contributed by atoms with van der Waals surface area (Å²) >= 11 is 0. The van der Waals surface area contributed by atoms with Crippen molar-refractivity contribution in [2.45, 2.75) is 13.1 Å². The van der Waals surface area contributed by atoms with Crippen LogP contribution in [0.5, 0.6) is 0 Å². The number of aliphatic carboxylic acids is 1. The predicted molar refractivity (Wildman–Crippen MR) is 41.2 cm³/mol. The number of primary amides is 1. The Hall–Kier alpha value is -1.34. The zero-order valence-corrected chi connectivity index (χ0v) is 6.60. The van der Waals surface area contributed by atoms with E-state index in [1.807, 2.05) is 0 Å². The van der Waals surface area contributed by atoms with Gasteiger partial charge in [-0.25, -0.2) is 4.79 Å². The molecule has 0 fully saturated rings. The highest BCUT2D eigenvalue weighted by atomic mass is 16.4. The Morgan fingerprint density at radius 2 is 1.50 bits per heavy atom. The second kappa shape index (κ2) is 6.38. The molecule has 1 amide bonds. The lowest BCUT2D eigenvalue weighted by molar-refractivity contribution is -0.141. The molecule has 0 radical (unpaired) electrons. The molecular formula is C5H13N3O4. The normalized spacial score (nSPS) is 11.3. The molecule has 12 heavy (non-hydrogen) atoms. The first-order valence-electron chi connectivity index (χ1n) is 3.01. The van der Waals surface area contributed by atoms with Crippen LogP contribution in [0.2, 0.25) is 0 Å². The lowest BCUT2D eigenvalue weighted by atomic mass is 10.1. The molecule has 0 saturated heterocycles. The number of carboxylic acid groups (broad SMARTS) is 2. The van der Waals surface area contributed by atoms with Crippen LogP contribution in [0.1, 0.15) is 6.92 Å². The number of amides is 1. The molecule has 0 aromatic heterocycles. The molecule has 7 nitrogen and oxygen atoms in total. The van der Waals surface area contributed by atoms with Crippen LogP contribution in [0.4, 0.5) is 4.79 Å². The van der Waals surface area contributed by atoms with Gasteiger partial charge in [-0.2, -0.15) is 0 Å². The van der Waals surface area contributed by atoms with E-state index in [2.05, 4.69) is 5.73 Å². The van der Waals surface area contributed by atoms with Crippen molar-refractivity contribution < 1.29 is 19.8 Å². The molecule has 1 unspecified atom stereocenters. The topological polar surface area (TPSA) is 153 Å². The molecule has 0 aliphatic rings. The average molecular weight is 179 g/mol. The summed E-state index contributed by atoms with van der Waals surface area (Å²) in [6.45, 7) is 1.47. The zero-order chi connectivity index (χ0) is 10.3. The van der Waals surface area contributed by atoms with E-state index in [1.54, 1.807) is 0 Å². The fraction of sp³-hybridized carbons (Fsp3) is 0.600. The van der Waals surface area contributed by atoms with Gasteiger partial charge in [0.2, 0.25) is 0 Å². The van der Waals surface area contributed by atoms with Gasteiger partial charge in [0.25, 0.3) is 0 Å². The number of carbonyl (C=O) groups is 2. The first-order valence-corrected chi connectivity index (χ1v) is 3.01. The van der Waals surface area contributed by atoms with Gasteiger partial charge >= 0.3 is 12.1 Å². The number of carboxylic acids is 1. The van der Waals surface area contributed by atoms with Crippen LogP contribution in [0.15, 0.2) is 0 Å². The van der Waals surface area contributed by atoms with Gasteiger partial charge in [-0.1, -0.05) is 0 Å². The van der Waals surface area contributed by atoms with Gasteiger partial charge in [-0.3, -0.25) is 4.79 Å². The molecule has 0 bridgehead atoms. The highest BCUT2D eigenvalue weighted by Gasteiger charge is 2.14. The van der Waals surface area contributed by atoms with Crippen LogP contribution in [0, 0.1) is 5.92 Å². The third kappa shape index (κ3) is 11.5. The lowest BCUT2D eigenvalue weighted by Gasteiger charge is -2.08. The number of nitrogens with two attached hydrogens (primary N) is 3. The Kier molecular flexibility index (Phi) is 7.05. The number of rotatable bonds is 2. The summed E-state index contributed by atoms with van der Waals surface area (Å²) in [4.78, 5) is 18.8. The van der Waals surface area contributed by atoms with E-state index in [-0.39, 0.29) is 0 Å². The van der Waals surface area contributed by atoms with Crippen molar-refractivity contribution in [2.75, 3.05) is 0 Å². The molecular weight excluding hydrogens is 166 g/mol. The van der Waals surface area contributed by atoms with E-state index in [0.717, 1.165) is 0 Å². The minimum absolute atomic E-state index is 0.657. The van der Waals surface area contributed by atoms with Crippen molar-refractivity contribution in [1.82, 2.24) is 0 Å². The molecule has 8 N–H and O–H groups in total. The van der Waals surface area contributed by atoms with Gasteiger partial charge in [0, 0.05) is 0 Å². The van der Waals surface area contributed by atoms with Crippen LogP contribution < -0.4 is 17.2 Å². The van der Waals surface area contributed by atoms with Gasteiger partial charge in [0.15, 0.2) is 0 Å². The van der Waals surface area contributed by atoms with Crippen molar-refractivity contribution in [3.63, 3.8) is 0 Å². The molecule has 0 aliphatic heterocycles. The van der Waals surface area contributed by atoms with E-state index >= 15 is 0 Å². The van der Waals surface area contributed by atoms with E-state index < -0.39 is 24.1 Å². The van der Waals surface area contributed by atoms with Crippen molar-refractivity contribution in [3.05, 3.63) is 0 Å². The summed E-state index contributed by atoms with van der Waals surface area (Å²) in [5, 5.41) is 15.4.